The summed E-state index contributed by atoms with van der Waals surface area (Å²) < 4.78 is 0. The summed E-state index contributed by atoms with van der Waals surface area (Å²) in [5, 5.41) is 8.79. The molecule has 30 heavy (non-hydrogen) atoms. The fraction of sp³-hybridized carbons (Fsp3) is 0.174. The van der Waals surface area contributed by atoms with Crippen molar-refractivity contribution >= 4 is 22.8 Å². The average Bonchev–Trinajstić information content (AvgIpc) is 3.28. The molecule has 4 N–H and O–H groups in total. The third-order valence-corrected chi connectivity index (χ3v) is 5.75. The second-order valence-corrected chi connectivity index (χ2v) is 7.87. The Morgan fingerprint density at radius 2 is 2.03 bits per heavy atom. The van der Waals surface area contributed by atoms with Gasteiger partial charge < -0.3 is 15.6 Å². The molecule has 0 bridgehead atoms. The fourth-order valence-electron chi connectivity index (χ4n) is 4.11. The van der Waals surface area contributed by atoms with Crippen LogP contribution >= 0.6 is 0 Å². The number of allylic oxidation sites excluding steroid dienone is 3. The number of nitrogens with two attached hydrogens (primary N) is 1. The fourth-order valence-corrected chi connectivity index (χ4v) is 4.11. The van der Waals surface area contributed by atoms with E-state index in [1.165, 1.54) is 11.3 Å². The lowest BCUT2D eigenvalue weighted by atomic mass is 10.1. The summed E-state index contributed by atoms with van der Waals surface area (Å²) in [6.45, 7) is 1.65. The zero-order valence-corrected chi connectivity index (χ0v) is 16.3. The molecule has 7 nitrogen and oxygen atoms in total. The first kappa shape index (κ1) is 17.2. The maximum absolute atomic E-state index is 5.91. The molecular weight excluding hydrogens is 374 g/mol. The molecule has 4 aromatic rings. The van der Waals surface area contributed by atoms with Gasteiger partial charge >= 0.3 is 0 Å². The van der Waals surface area contributed by atoms with Crippen LogP contribution in [0.4, 0.5) is 5.82 Å². The van der Waals surface area contributed by atoms with Gasteiger partial charge in [-0.15, -0.1) is 0 Å². The van der Waals surface area contributed by atoms with E-state index in [1.54, 1.807) is 12.4 Å². The first-order valence-corrected chi connectivity index (χ1v) is 10.1. The highest BCUT2D eigenvalue weighted by molar-refractivity contribution is 5.95. The molecule has 1 aliphatic heterocycles. The number of nitrogens with one attached hydrogen (secondary N) is 2. The Kier molecular flexibility index (Phi) is 3.82. The number of benzene rings is 1. The Balaban J connectivity index is 1.40. The largest absolute Gasteiger partial charge is 0.356 e. The maximum atomic E-state index is 5.91. The van der Waals surface area contributed by atoms with Crippen LogP contribution in [0.1, 0.15) is 11.3 Å². The molecule has 0 saturated carbocycles. The molecule has 148 valence electrons. The zero-order valence-electron chi connectivity index (χ0n) is 16.3. The molecule has 4 heterocycles. The van der Waals surface area contributed by atoms with Crippen LogP contribution in [0.3, 0.4) is 0 Å². The predicted molar refractivity (Wildman–Crippen MR) is 119 cm³/mol. The van der Waals surface area contributed by atoms with Crippen LogP contribution in [0, 0.1) is 0 Å². The van der Waals surface area contributed by atoms with Crippen molar-refractivity contribution in [1.82, 2.24) is 25.1 Å². The van der Waals surface area contributed by atoms with Crippen LogP contribution in [0.15, 0.2) is 54.9 Å². The van der Waals surface area contributed by atoms with Crippen molar-refractivity contribution in [3.63, 3.8) is 0 Å². The summed E-state index contributed by atoms with van der Waals surface area (Å²) in [5.41, 5.74) is 13.1. The van der Waals surface area contributed by atoms with E-state index in [2.05, 4.69) is 67.6 Å². The third-order valence-electron chi connectivity index (χ3n) is 5.75. The van der Waals surface area contributed by atoms with Gasteiger partial charge in [0.25, 0.3) is 0 Å². The Labute approximate surface area is 173 Å². The van der Waals surface area contributed by atoms with Crippen LogP contribution in [-0.2, 0) is 6.42 Å². The van der Waals surface area contributed by atoms with Gasteiger partial charge in [0.15, 0.2) is 0 Å². The maximum Gasteiger partial charge on any atom is 0.147 e. The van der Waals surface area contributed by atoms with Gasteiger partial charge in [0.05, 0.1) is 29.3 Å². The third kappa shape index (κ3) is 2.83. The number of aromatic amines is 2. The van der Waals surface area contributed by atoms with Gasteiger partial charge in [-0.1, -0.05) is 30.4 Å². The van der Waals surface area contributed by atoms with Gasteiger partial charge in [0.1, 0.15) is 11.5 Å². The molecule has 0 unspecified atom stereocenters. The van der Waals surface area contributed by atoms with E-state index in [0.29, 0.717) is 0 Å². The number of H-pyrrole nitrogens is 2. The predicted octanol–water partition coefficient (Wildman–Crippen LogP) is 3.29. The first-order chi connectivity index (χ1) is 14.7. The van der Waals surface area contributed by atoms with E-state index in [-0.39, 0.29) is 6.04 Å². The molecule has 7 heteroatoms. The first-order valence-electron chi connectivity index (χ1n) is 10.1. The number of fused-ring (bicyclic) bond motifs is 2. The van der Waals surface area contributed by atoms with E-state index in [1.807, 2.05) is 6.07 Å². The molecule has 1 aromatic carbocycles. The highest BCUT2D eigenvalue weighted by Crippen LogP contribution is 2.32. The minimum atomic E-state index is 0.224. The average molecular weight is 395 g/mol. The molecular formula is C23H21N7. The molecule has 0 amide bonds. The van der Waals surface area contributed by atoms with Crippen molar-refractivity contribution < 1.29 is 0 Å². The molecule has 3 aromatic heterocycles. The molecule has 6 rings (SSSR count). The number of aromatic nitrogens is 5. The SMILES string of the molecule is NC1CN(c2cncc(-c3ccc4[nH]nc(-c5cc6c([nH]5)CC=CC=C6)c4c3)n2)C1. The summed E-state index contributed by atoms with van der Waals surface area (Å²) in [6, 6.07) is 8.62. The second-order valence-electron chi connectivity index (χ2n) is 7.87. The van der Waals surface area contributed by atoms with E-state index in [9.17, 15) is 0 Å². The quantitative estimate of drug-likeness (QED) is 0.494. The Morgan fingerprint density at radius 1 is 1.10 bits per heavy atom. The lowest BCUT2D eigenvalue weighted by Crippen LogP contribution is -2.56. The van der Waals surface area contributed by atoms with Crippen molar-refractivity contribution in [3.05, 3.63) is 66.1 Å². The zero-order chi connectivity index (χ0) is 20.1. The van der Waals surface area contributed by atoms with Gasteiger partial charge in [0.2, 0.25) is 0 Å². The number of anilines is 1. The molecule has 2 aliphatic rings. The summed E-state index contributed by atoms with van der Waals surface area (Å²) in [7, 11) is 0. The summed E-state index contributed by atoms with van der Waals surface area (Å²) in [5.74, 6) is 0.870. The van der Waals surface area contributed by atoms with Crippen molar-refractivity contribution in [2.24, 2.45) is 5.73 Å². The lowest BCUT2D eigenvalue weighted by Gasteiger charge is -2.37. The Bertz CT molecular complexity index is 1300. The minimum Gasteiger partial charge on any atom is -0.356 e. The van der Waals surface area contributed by atoms with Gasteiger partial charge in [-0.3, -0.25) is 10.1 Å². The Hall–Kier alpha value is -3.71. The van der Waals surface area contributed by atoms with Gasteiger partial charge in [-0.05, 0) is 23.8 Å². The monoisotopic (exact) mass is 395 g/mol. The molecule has 1 aliphatic carbocycles. The van der Waals surface area contributed by atoms with Crippen LogP contribution in [0.25, 0.3) is 39.6 Å². The second kappa shape index (κ2) is 6.67. The van der Waals surface area contributed by atoms with Crippen LogP contribution in [-0.4, -0.2) is 44.3 Å². The van der Waals surface area contributed by atoms with Crippen LogP contribution < -0.4 is 10.6 Å². The topological polar surface area (TPSA) is 99.5 Å². The normalized spacial score (nSPS) is 16.0. The molecule has 0 radical (unpaired) electrons. The summed E-state index contributed by atoms with van der Waals surface area (Å²) >= 11 is 0. The van der Waals surface area contributed by atoms with Gasteiger partial charge in [-0.2, -0.15) is 5.10 Å². The van der Waals surface area contributed by atoms with E-state index in [4.69, 9.17) is 10.7 Å². The summed E-state index contributed by atoms with van der Waals surface area (Å²) in [6.07, 6.45) is 12.9. The smallest absolute Gasteiger partial charge is 0.147 e. The minimum absolute atomic E-state index is 0.224. The van der Waals surface area contributed by atoms with E-state index in [0.717, 1.165) is 58.9 Å². The van der Waals surface area contributed by atoms with Crippen molar-refractivity contribution in [2.45, 2.75) is 12.5 Å². The number of nitrogens with zero attached hydrogens (tertiary/aromatic N) is 4. The van der Waals surface area contributed by atoms with E-state index < -0.39 is 0 Å². The summed E-state index contributed by atoms with van der Waals surface area (Å²) in [4.78, 5) is 14.9. The highest BCUT2D eigenvalue weighted by atomic mass is 15.3. The van der Waals surface area contributed by atoms with E-state index >= 15 is 0 Å². The number of hydrogen-bond acceptors (Lipinski definition) is 5. The molecule has 1 fully saturated rings. The van der Waals surface area contributed by atoms with Crippen LogP contribution in [0.5, 0.6) is 0 Å². The standard InChI is InChI=1S/C23H21N7/c24-16-12-30(13-16)22-11-25-10-21(27-22)15-6-7-19-17(8-15)23(29-28-19)20-9-14-4-2-1-3-5-18(14)26-20/h1-4,6-11,16,26H,5,12-13,24H2,(H,28,29). The van der Waals surface area contributed by atoms with Crippen LogP contribution in [0.2, 0.25) is 0 Å². The van der Waals surface area contributed by atoms with Crippen molar-refractivity contribution in [1.29, 1.82) is 0 Å². The highest BCUT2D eigenvalue weighted by Gasteiger charge is 2.24. The molecule has 0 atom stereocenters. The molecule has 0 spiro atoms. The Morgan fingerprint density at radius 3 is 2.93 bits per heavy atom. The number of hydrogen-bond donors (Lipinski definition) is 3. The molecule has 1 saturated heterocycles. The van der Waals surface area contributed by atoms with Crippen molar-refractivity contribution in [2.75, 3.05) is 18.0 Å². The van der Waals surface area contributed by atoms with Gasteiger partial charge in [0, 0.05) is 42.2 Å². The lowest BCUT2D eigenvalue weighted by molar-refractivity contribution is 0.514. The van der Waals surface area contributed by atoms with Gasteiger partial charge in [-0.25, -0.2) is 4.98 Å². The van der Waals surface area contributed by atoms with Crippen molar-refractivity contribution in [3.8, 4) is 22.6 Å². The number of rotatable bonds is 3.